The fraction of sp³-hybridized carbons (Fsp3) is 0.105. The molecule has 5 aromatic rings. The van der Waals surface area contributed by atoms with Crippen LogP contribution in [0.1, 0.15) is 31.9 Å². The van der Waals surface area contributed by atoms with Crippen molar-refractivity contribution in [3.63, 3.8) is 0 Å². The first kappa shape index (κ1) is 26.0. The van der Waals surface area contributed by atoms with Crippen LogP contribution in [0.25, 0.3) is 27.8 Å². The van der Waals surface area contributed by atoms with E-state index in [4.69, 9.17) is 0 Å². The molecule has 0 radical (unpaired) electrons. The molecule has 0 aliphatic rings. The van der Waals surface area contributed by atoms with Gasteiger partial charge >= 0.3 is 0 Å². The van der Waals surface area contributed by atoms with E-state index in [1.165, 1.54) is 39.0 Å². The Morgan fingerprint density at radius 2 is 0.974 bits per heavy atom. The molecule has 0 N–H and O–H groups in total. The summed E-state index contributed by atoms with van der Waals surface area (Å²) in [5.74, 6) is 0. The molecule has 1 nitrogen and oxygen atoms in total. The summed E-state index contributed by atoms with van der Waals surface area (Å²) in [4.78, 5) is 2.33. The van der Waals surface area contributed by atoms with Crippen molar-refractivity contribution in [3.8, 4) is 22.3 Å². The monoisotopic (exact) mass is 505 g/mol. The Morgan fingerprint density at radius 3 is 1.41 bits per heavy atom. The van der Waals surface area contributed by atoms with Crippen molar-refractivity contribution >= 4 is 22.6 Å². The Bertz CT molecular complexity index is 1540. The number of anilines is 3. The predicted octanol–water partition coefficient (Wildman–Crippen LogP) is 11.0. The van der Waals surface area contributed by atoms with Gasteiger partial charge in [0.2, 0.25) is 0 Å². The molecule has 0 aliphatic carbocycles. The lowest BCUT2D eigenvalue weighted by atomic mass is 10.0. The molecule has 192 valence electrons. The second kappa shape index (κ2) is 12.3. The fourth-order valence-corrected chi connectivity index (χ4v) is 4.96. The smallest absolute Gasteiger partial charge is 0.0462 e. The van der Waals surface area contributed by atoms with Crippen molar-refractivity contribution in [2.45, 2.75) is 27.2 Å². The Hall–Kier alpha value is -4.62. The molecule has 0 atom stereocenters. The molecular weight excluding hydrogens is 470 g/mol. The van der Waals surface area contributed by atoms with Crippen LogP contribution < -0.4 is 4.90 Å². The normalized spacial score (nSPS) is 11.6. The summed E-state index contributed by atoms with van der Waals surface area (Å²) in [7, 11) is 0. The Morgan fingerprint density at radius 1 is 0.538 bits per heavy atom. The van der Waals surface area contributed by atoms with Crippen LogP contribution in [0.4, 0.5) is 17.1 Å². The summed E-state index contributed by atoms with van der Waals surface area (Å²) >= 11 is 0. The summed E-state index contributed by atoms with van der Waals surface area (Å²) in [6, 6.07) is 46.0. The van der Waals surface area contributed by atoms with Crippen molar-refractivity contribution in [3.05, 3.63) is 157 Å². The summed E-state index contributed by atoms with van der Waals surface area (Å²) in [5, 5.41) is 0. The van der Waals surface area contributed by atoms with Gasteiger partial charge < -0.3 is 4.90 Å². The van der Waals surface area contributed by atoms with Crippen LogP contribution in [0.5, 0.6) is 0 Å². The second-order valence-corrected chi connectivity index (χ2v) is 9.64. The highest BCUT2D eigenvalue weighted by atomic mass is 15.1. The third kappa shape index (κ3) is 5.94. The van der Waals surface area contributed by atoms with Gasteiger partial charge in [-0.3, -0.25) is 0 Å². The first-order valence-corrected chi connectivity index (χ1v) is 13.7. The van der Waals surface area contributed by atoms with Gasteiger partial charge in [0.15, 0.2) is 0 Å². The Kier molecular flexibility index (Phi) is 8.19. The van der Waals surface area contributed by atoms with Gasteiger partial charge in [0.25, 0.3) is 0 Å². The number of hydrogen-bond acceptors (Lipinski definition) is 1. The average Bonchev–Trinajstić information content (AvgIpc) is 3.02. The summed E-state index contributed by atoms with van der Waals surface area (Å²) in [6.45, 7) is 6.33. The first-order chi connectivity index (χ1) is 19.2. The zero-order chi connectivity index (χ0) is 27.0. The number of allylic oxidation sites excluding steroid dienone is 4. The van der Waals surface area contributed by atoms with Crippen LogP contribution in [0.3, 0.4) is 0 Å². The van der Waals surface area contributed by atoms with Gasteiger partial charge in [0, 0.05) is 17.1 Å². The molecule has 0 aromatic heterocycles. The predicted molar refractivity (Wildman–Crippen MR) is 170 cm³/mol. The number of aryl methyl sites for hydroxylation is 1. The number of nitrogens with zero attached hydrogens (tertiary/aromatic N) is 1. The standard InChI is InChI=1S/C38H35N/c1-4-10-30(6-3)32-17-23-36(24-18-32)39(37-25-19-34(20-26-37)31-11-8-7-9-12-31)38-27-21-35(22-28-38)33-15-13-29(5-2)14-16-33/h4,6-28H,5H2,1-3H3/b10-4-,30-6+. The van der Waals surface area contributed by atoms with Crippen LogP contribution in [0, 0.1) is 0 Å². The number of hydrogen-bond donors (Lipinski definition) is 0. The molecule has 0 aliphatic heterocycles. The van der Waals surface area contributed by atoms with E-state index in [1.54, 1.807) is 0 Å². The maximum absolute atomic E-state index is 2.33. The minimum absolute atomic E-state index is 1.06. The highest BCUT2D eigenvalue weighted by Gasteiger charge is 2.14. The topological polar surface area (TPSA) is 3.24 Å². The van der Waals surface area contributed by atoms with Crippen LogP contribution in [0.2, 0.25) is 0 Å². The second-order valence-electron chi connectivity index (χ2n) is 9.64. The van der Waals surface area contributed by atoms with Gasteiger partial charge in [0.1, 0.15) is 0 Å². The summed E-state index contributed by atoms with van der Waals surface area (Å²) in [6.07, 6.45) is 7.45. The van der Waals surface area contributed by atoms with Crippen molar-refractivity contribution in [1.82, 2.24) is 0 Å². The van der Waals surface area contributed by atoms with Gasteiger partial charge in [-0.2, -0.15) is 0 Å². The molecule has 0 saturated heterocycles. The van der Waals surface area contributed by atoms with Crippen molar-refractivity contribution in [2.24, 2.45) is 0 Å². The molecule has 0 bridgehead atoms. The van der Waals surface area contributed by atoms with E-state index in [2.05, 4.69) is 171 Å². The molecule has 0 amide bonds. The molecule has 0 saturated carbocycles. The molecule has 1 heteroatoms. The van der Waals surface area contributed by atoms with E-state index >= 15 is 0 Å². The van der Waals surface area contributed by atoms with Gasteiger partial charge in [-0.25, -0.2) is 0 Å². The number of benzene rings is 5. The van der Waals surface area contributed by atoms with E-state index < -0.39 is 0 Å². The third-order valence-corrected chi connectivity index (χ3v) is 7.17. The minimum atomic E-state index is 1.06. The van der Waals surface area contributed by atoms with Crippen LogP contribution in [-0.4, -0.2) is 0 Å². The van der Waals surface area contributed by atoms with E-state index in [0.29, 0.717) is 0 Å². The van der Waals surface area contributed by atoms with Crippen molar-refractivity contribution in [2.75, 3.05) is 4.90 Å². The number of rotatable bonds is 8. The lowest BCUT2D eigenvalue weighted by molar-refractivity contribution is 1.14. The Labute approximate surface area is 233 Å². The summed E-state index contributed by atoms with van der Waals surface area (Å²) < 4.78 is 0. The average molecular weight is 506 g/mol. The minimum Gasteiger partial charge on any atom is -0.311 e. The van der Waals surface area contributed by atoms with Gasteiger partial charge in [-0.05, 0) is 95.6 Å². The van der Waals surface area contributed by atoms with Crippen molar-refractivity contribution in [1.29, 1.82) is 0 Å². The molecule has 0 unspecified atom stereocenters. The highest BCUT2D eigenvalue weighted by Crippen LogP contribution is 2.37. The largest absolute Gasteiger partial charge is 0.311 e. The molecule has 0 spiro atoms. The Balaban J connectivity index is 1.52. The van der Waals surface area contributed by atoms with Gasteiger partial charge in [0.05, 0.1) is 0 Å². The molecule has 5 rings (SSSR count). The van der Waals surface area contributed by atoms with E-state index in [0.717, 1.165) is 23.5 Å². The zero-order valence-electron chi connectivity index (χ0n) is 23.0. The molecule has 5 aromatic carbocycles. The molecule has 0 fully saturated rings. The van der Waals surface area contributed by atoms with Crippen LogP contribution >= 0.6 is 0 Å². The first-order valence-electron chi connectivity index (χ1n) is 13.7. The summed E-state index contributed by atoms with van der Waals surface area (Å²) in [5.41, 5.74) is 12.1. The maximum Gasteiger partial charge on any atom is 0.0462 e. The van der Waals surface area contributed by atoms with Crippen LogP contribution in [0.15, 0.2) is 146 Å². The van der Waals surface area contributed by atoms with Crippen molar-refractivity contribution < 1.29 is 0 Å². The third-order valence-electron chi connectivity index (χ3n) is 7.17. The fourth-order valence-electron chi connectivity index (χ4n) is 4.96. The molecule has 0 heterocycles. The zero-order valence-corrected chi connectivity index (χ0v) is 23.0. The lowest BCUT2D eigenvalue weighted by Gasteiger charge is -2.26. The van der Waals surface area contributed by atoms with Gasteiger partial charge in [-0.1, -0.05) is 116 Å². The molecule has 39 heavy (non-hydrogen) atoms. The maximum atomic E-state index is 2.33. The van der Waals surface area contributed by atoms with E-state index in [-0.39, 0.29) is 0 Å². The highest BCUT2D eigenvalue weighted by molar-refractivity contribution is 5.81. The quantitative estimate of drug-likeness (QED) is 0.190. The molecular formula is C38H35N. The van der Waals surface area contributed by atoms with Gasteiger partial charge in [-0.15, -0.1) is 0 Å². The lowest BCUT2D eigenvalue weighted by Crippen LogP contribution is -2.09. The van der Waals surface area contributed by atoms with E-state index in [1.807, 2.05) is 0 Å². The van der Waals surface area contributed by atoms with Crippen LogP contribution in [-0.2, 0) is 6.42 Å². The van der Waals surface area contributed by atoms with E-state index in [9.17, 15) is 0 Å². The SMILES string of the molecule is C/C=C\C(=C/C)c1ccc(N(c2ccc(-c3ccccc3)cc2)c2ccc(-c3ccc(CC)cc3)cc2)cc1.